The molecule has 118 valence electrons. The van der Waals surface area contributed by atoms with Gasteiger partial charge in [-0.3, -0.25) is 10.00 Å². The van der Waals surface area contributed by atoms with E-state index in [4.69, 9.17) is 14.2 Å². The Hall–Kier alpha value is -1.02. The van der Waals surface area contributed by atoms with Gasteiger partial charge in [0.05, 0.1) is 25.9 Å². The topological polar surface area (TPSA) is 72.5 Å². The zero-order valence-electron chi connectivity index (χ0n) is 12.6. The summed E-state index contributed by atoms with van der Waals surface area (Å²) in [6.45, 7) is 7.61. The SMILES string of the molecule is Cc1nc(C2CN(CCOCC3CCCO3)CCO2)n[nH]1. The highest BCUT2D eigenvalue weighted by Crippen LogP contribution is 2.18. The van der Waals surface area contributed by atoms with Gasteiger partial charge in [0.25, 0.3) is 0 Å². The number of aryl methyl sites for hydroxylation is 1. The van der Waals surface area contributed by atoms with Crippen LogP contribution in [0, 0.1) is 6.92 Å². The van der Waals surface area contributed by atoms with Gasteiger partial charge in [-0.15, -0.1) is 0 Å². The lowest BCUT2D eigenvalue weighted by molar-refractivity contribution is -0.0467. The summed E-state index contributed by atoms with van der Waals surface area (Å²) in [5.74, 6) is 1.57. The average Bonchev–Trinajstić information content (AvgIpc) is 3.15. The minimum absolute atomic E-state index is 0.0399. The third-order valence-electron chi connectivity index (χ3n) is 3.93. The monoisotopic (exact) mass is 296 g/mol. The van der Waals surface area contributed by atoms with Crippen molar-refractivity contribution < 1.29 is 14.2 Å². The van der Waals surface area contributed by atoms with Crippen molar-refractivity contribution in [2.75, 3.05) is 46.1 Å². The number of hydrogen-bond donors (Lipinski definition) is 1. The Morgan fingerprint density at radius 2 is 2.33 bits per heavy atom. The van der Waals surface area contributed by atoms with Crippen LogP contribution < -0.4 is 0 Å². The first-order chi connectivity index (χ1) is 10.3. The third-order valence-corrected chi connectivity index (χ3v) is 3.93. The van der Waals surface area contributed by atoms with Crippen molar-refractivity contribution in [3.63, 3.8) is 0 Å². The highest BCUT2D eigenvalue weighted by molar-refractivity contribution is 4.95. The molecule has 2 unspecified atom stereocenters. The Morgan fingerprint density at radius 3 is 3.10 bits per heavy atom. The fourth-order valence-electron chi connectivity index (χ4n) is 2.75. The summed E-state index contributed by atoms with van der Waals surface area (Å²) in [6.07, 6.45) is 2.56. The molecule has 0 bridgehead atoms. The van der Waals surface area contributed by atoms with E-state index in [1.165, 1.54) is 0 Å². The summed E-state index contributed by atoms with van der Waals surface area (Å²) >= 11 is 0. The second kappa shape index (κ2) is 7.31. The van der Waals surface area contributed by atoms with Gasteiger partial charge in [0.15, 0.2) is 5.82 Å². The van der Waals surface area contributed by atoms with Gasteiger partial charge >= 0.3 is 0 Å². The van der Waals surface area contributed by atoms with Gasteiger partial charge in [-0.2, -0.15) is 5.10 Å². The van der Waals surface area contributed by atoms with Gasteiger partial charge < -0.3 is 14.2 Å². The molecule has 0 aromatic carbocycles. The van der Waals surface area contributed by atoms with Gasteiger partial charge in [0.2, 0.25) is 0 Å². The van der Waals surface area contributed by atoms with Crippen LogP contribution in [0.2, 0.25) is 0 Å². The van der Waals surface area contributed by atoms with Crippen LogP contribution in [-0.2, 0) is 14.2 Å². The molecular formula is C14H24N4O3. The average molecular weight is 296 g/mol. The number of ether oxygens (including phenoxy) is 3. The number of nitrogens with one attached hydrogen (secondary N) is 1. The molecule has 2 aliphatic rings. The van der Waals surface area contributed by atoms with E-state index in [1.807, 2.05) is 6.92 Å². The fourth-order valence-corrected chi connectivity index (χ4v) is 2.75. The second-order valence-electron chi connectivity index (χ2n) is 5.65. The first kappa shape index (κ1) is 14.9. The molecule has 0 aliphatic carbocycles. The smallest absolute Gasteiger partial charge is 0.180 e. The fraction of sp³-hybridized carbons (Fsp3) is 0.857. The quantitative estimate of drug-likeness (QED) is 0.778. The van der Waals surface area contributed by atoms with Crippen LogP contribution in [0.4, 0.5) is 0 Å². The Labute approximate surface area is 125 Å². The van der Waals surface area contributed by atoms with Crippen LogP contribution in [0.5, 0.6) is 0 Å². The van der Waals surface area contributed by atoms with Gasteiger partial charge in [0.1, 0.15) is 11.9 Å². The molecule has 7 nitrogen and oxygen atoms in total. The first-order valence-corrected chi connectivity index (χ1v) is 7.73. The number of H-pyrrole nitrogens is 1. The summed E-state index contributed by atoms with van der Waals surface area (Å²) in [4.78, 5) is 6.69. The van der Waals surface area contributed by atoms with Crippen LogP contribution in [0.1, 0.15) is 30.6 Å². The summed E-state index contributed by atoms with van der Waals surface area (Å²) in [5.41, 5.74) is 0. The number of nitrogens with zero attached hydrogens (tertiary/aromatic N) is 3. The number of rotatable bonds is 6. The summed E-state index contributed by atoms with van der Waals surface area (Å²) < 4.78 is 17.0. The molecule has 2 saturated heterocycles. The standard InChI is InChI=1S/C14H24N4O3/c1-11-15-14(17-16-11)13-9-18(5-8-21-13)4-7-19-10-12-3-2-6-20-12/h12-13H,2-10H2,1H3,(H,15,16,17). The van der Waals surface area contributed by atoms with Crippen molar-refractivity contribution in [1.82, 2.24) is 20.1 Å². The van der Waals surface area contributed by atoms with Gasteiger partial charge in [-0.25, -0.2) is 4.98 Å². The molecule has 21 heavy (non-hydrogen) atoms. The van der Waals surface area contributed by atoms with E-state index >= 15 is 0 Å². The van der Waals surface area contributed by atoms with Crippen molar-refractivity contribution in [3.8, 4) is 0 Å². The predicted octanol–water partition coefficient (Wildman–Crippen LogP) is 0.682. The van der Waals surface area contributed by atoms with Crippen LogP contribution in [0.25, 0.3) is 0 Å². The molecule has 7 heteroatoms. The minimum atomic E-state index is -0.0399. The van der Waals surface area contributed by atoms with E-state index in [0.717, 1.165) is 57.3 Å². The van der Waals surface area contributed by atoms with E-state index < -0.39 is 0 Å². The second-order valence-corrected chi connectivity index (χ2v) is 5.65. The molecule has 3 heterocycles. The molecule has 0 saturated carbocycles. The maximum atomic E-state index is 5.75. The largest absolute Gasteiger partial charge is 0.377 e. The summed E-state index contributed by atoms with van der Waals surface area (Å²) in [7, 11) is 0. The van der Waals surface area contributed by atoms with E-state index in [1.54, 1.807) is 0 Å². The zero-order chi connectivity index (χ0) is 14.5. The van der Waals surface area contributed by atoms with Crippen molar-refractivity contribution >= 4 is 0 Å². The highest BCUT2D eigenvalue weighted by atomic mass is 16.5. The number of aromatic amines is 1. The molecule has 0 spiro atoms. The Morgan fingerprint density at radius 1 is 1.38 bits per heavy atom. The van der Waals surface area contributed by atoms with Crippen LogP contribution in [-0.4, -0.2) is 72.2 Å². The van der Waals surface area contributed by atoms with Crippen LogP contribution >= 0.6 is 0 Å². The summed E-state index contributed by atoms with van der Waals surface area (Å²) in [5, 5.41) is 7.05. The van der Waals surface area contributed by atoms with E-state index in [-0.39, 0.29) is 6.10 Å². The Bertz CT molecular complexity index is 434. The first-order valence-electron chi connectivity index (χ1n) is 7.73. The molecular weight excluding hydrogens is 272 g/mol. The lowest BCUT2D eigenvalue weighted by atomic mass is 10.2. The van der Waals surface area contributed by atoms with E-state index in [2.05, 4.69) is 20.1 Å². The molecule has 2 aliphatic heterocycles. The number of morpholine rings is 1. The molecule has 1 aromatic rings. The molecule has 1 aromatic heterocycles. The minimum Gasteiger partial charge on any atom is -0.377 e. The van der Waals surface area contributed by atoms with Gasteiger partial charge in [-0.05, 0) is 19.8 Å². The molecule has 2 fully saturated rings. The highest BCUT2D eigenvalue weighted by Gasteiger charge is 2.25. The van der Waals surface area contributed by atoms with Crippen LogP contribution in [0.15, 0.2) is 0 Å². The number of aromatic nitrogens is 3. The van der Waals surface area contributed by atoms with E-state index in [9.17, 15) is 0 Å². The molecule has 3 rings (SSSR count). The Kier molecular flexibility index (Phi) is 5.18. The lowest BCUT2D eigenvalue weighted by Crippen LogP contribution is -2.40. The van der Waals surface area contributed by atoms with Crippen LogP contribution in [0.3, 0.4) is 0 Å². The lowest BCUT2D eigenvalue weighted by Gasteiger charge is -2.31. The summed E-state index contributed by atoms with van der Waals surface area (Å²) in [6, 6.07) is 0. The predicted molar refractivity (Wildman–Crippen MR) is 76.0 cm³/mol. The maximum Gasteiger partial charge on any atom is 0.180 e. The number of hydrogen-bond acceptors (Lipinski definition) is 6. The van der Waals surface area contributed by atoms with Gasteiger partial charge in [0, 0.05) is 26.2 Å². The molecule has 1 N–H and O–H groups in total. The zero-order valence-corrected chi connectivity index (χ0v) is 12.6. The molecule has 0 radical (unpaired) electrons. The Balaban J connectivity index is 1.37. The van der Waals surface area contributed by atoms with E-state index in [0.29, 0.717) is 19.3 Å². The molecule has 0 amide bonds. The van der Waals surface area contributed by atoms with Crippen molar-refractivity contribution in [2.45, 2.75) is 32.0 Å². The van der Waals surface area contributed by atoms with Crippen molar-refractivity contribution in [1.29, 1.82) is 0 Å². The molecule has 2 atom stereocenters. The third kappa shape index (κ3) is 4.23. The maximum absolute atomic E-state index is 5.75. The van der Waals surface area contributed by atoms with Crippen molar-refractivity contribution in [3.05, 3.63) is 11.6 Å². The van der Waals surface area contributed by atoms with Gasteiger partial charge in [-0.1, -0.05) is 0 Å². The van der Waals surface area contributed by atoms with Crippen molar-refractivity contribution in [2.24, 2.45) is 0 Å². The normalized spacial score (nSPS) is 27.3.